The normalized spacial score (nSPS) is 18.4. The third-order valence-electron chi connectivity index (χ3n) is 3.81. The Bertz CT molecular complexity index is 465. The number of amides is 1. The number of anilines is 1. The lowest BCUT2D eigenvalue weighted by atomic mass is 10.0. The lowest BCUT2D eigenvalue weighted by molar-refractivity contribution is -0.121. The number of hydrogen-bond acceptors (Lipinski definition) is 4. The Morgan fingerprint density at radius 1 is 1.52 bits per heavy atom. The van der Waals surface area contributed by atoms with Crippen LogP contribution in [0.25, 0.3) is 0 Å². The summed E-state index contributed by atoms with van der Waals surface area (Å²) in [6.07, 6.45) is 3.39. The van der Waals surface area contributed by atoms with Crippen molar-refractivity contribution < 1.29 is 9.53 Å². The standard InChI is InChI=1S/C16H25N3O2/c1-21-15-7-2-6-14(11-15)19-10-4-5-13(12-19)18-16(20)8-3-9-17/h2,6-7,11,13H,3-5,8-10,12,17H2,1H3,(H,18,20). The number of benzene rings is 1. The number of carbonyl (C=O) groups excluding carboxylic acids is 1. The molecule has 5 heteroatoms. The zero-order valence-electron chi connectivity index (χ0n) is 12.7. The highest BCUT2D eigenvalue weighted by Gasteiger charge is 2.21. The molecular weight excluding hydrogens is 266 g/mol. The van der Waals surface area contributed by atoms with Gasteiger partial charge in [-0.05, 0) is 37.9 Å². The topological polar surface area (TPSA) is 67.6 Å². The molecule has 1 aliphatic rings. The number of ether oxygens (including phenoxy) is 1. The highest BCUT2D eigenvalue weighted by Crippen LogP contribution is 2.24. The van der Waals surface area contributed by atoms with Crippen LogP contribution in [0.4, 0.5) is 5.69 Å². The van der Waals surface area contributed by atoms with Crippen LogP contribution in [0.3, 0.4) is 0 Å². The minimum atomic E-state index is 0.109. The lowest BCUT2D eigenvalue weighted by Crippen LogP contribution is -2.47. The Balaban J connectivity index is 1.92. The minimum absolute atomic E-state index is 0.109. The summed E-state index contributed by atoms with van der Waals surface area (Å²) in [7, 11) is 1.68. The smallest absolute Gasteiger partial charge is 0.220 e. The van der Waals surface area contributed by atoms with Gasteiger partial charge in [0.1, 0.15) is 5.75 Å². The quantitative estimate of drug-likeness (QED) is 0.834. The van der Waals surface area contributed by atoms with Crippen LogP contribution in [0.1, 0.15) is 25.7 Å². The van der Waals surface area contributed by atoms with E-state index in [-0.39, 0.29) is 11.9 Å². The molecule has 0 bridgehead atoms. The number of rotatable bonds is 6. The fraction of sp³-hybridized carbons (Fsp3) is 0.562. The SMILES string of the molecule is COc1cccc(N2CCCC(NC(=O)CCCN)C2)c1. The molecule has 3 N–H and O–H groups in total. The first-order chi connectivity index (χ1) is 10.2. The van der Waals surface area contributed by atoms with Crippen molar-refractivity contribution in [2.24, 2.45) is 5.73 Å². The number of nitrogens with one attached hydrogen (secondary N) is 1. The van der Waals surface area contributed by atoms with E-state index in [9.17, 15) is 4.79 Å². The van der Waals surface area contributed by atoms with Crippen molar-refractivity contribution in [3.05, 3.63) is 24.3 Å². The Labute approximate surface area is 126 Å². The largest absolute Gasteiger partial charge is 0.497 e. The summed E-state index contributed by atoms with van der Waals surface area (Å²) >= 11 is 0. The van der Waals surface area contributed by atoms with Crippen LogP contribution in [-0.4, -0.2) is 38.7 Å². The van der Waals surface area contributed by atoms with Gasteiger partial charge in [0.25, 0.3) is 0 Å². The van der Waals surface area contributed by atoms with Crippen molar-refractivity contribution in [2.75, 3.05) is 31.6 Å². The van der Waals surface area contributed by atoms with Gasteiger partial charge in [0.2, 0.25) is 5.91 Å². The number of nitrogens with zero attached hydrogens (tertiary/aromatic N) is 1. The van der Waals surface area contributed by atoms with Crippen molar-refractivity contribution >= 4 is 11.6 Å². The van der Waals surface area contributed by atoms with Gasteiger partial charge in [-0.25, -0.2) is 0 Å². The van der Waals surface area contributed by atoms with Crippen molar-refractivity contribution in [1.29, 1.82) is 0 Å². The number of piperidine rings is 1. The van der Waals surface area contributed by atoms with Gasteiger partial charge in [-0.15, -0.1) is 0 Å². The molecule has 1 aromatic carbocycles. The molecule has 116 valence electrons. The van der Waals surface area contributed by atoms with E-state index in [1.54, 1.807) is 7.11 Å². The van der Waals surface area contributed by atoms with Crippen molar-refractivity contribution in [3.63, 3.8) is 0 Å². The summed E-state index contributed by atoms with van der Waals surface area (Å²) in [6, 6.07) is 8.28. The molecule has 1 atom stereocenters. The van der Waals surface area contributed by atoms with Gasteiger partial charge in [0.05, 0.1) is 7.11 Å². The van der Waals surface area contributed by atoms with Gasteiger partial charge in [-0.1, -0.05) is 6.07 Å². The highest BCUT2D eigenvalue weighted by atomic mass is 16.5. The Hall–Kier alpha value is -1.75. The van der Waals surface area contributed by atoms with E-state index in [2.05, 4.69) is 16.3 Å². The predicted molar refractivity (Wildman–Crippen MR) is 84.7 cm³/mol. The van der Waals surface area contributed by atoms with Crippen molar-refractivity contribution in [3.8, 4) is 5.75 Å². The first-order valence-electron chi connectivity index (χ1n) is 7.61. The molecule has 0 aliphatic carbocycles. The maximum absolute atomic E-state index is 11.8. The molecule has 1 aromatic rings. The van der Waals surface area contributed by atoms with E-state index in [1.165, 1.54) is 0 Å². The van der Waals surface area contributed by atoms with Gasteiger partial charge >= 0.3 is 0 Å². The first kappa shape index (κ1) is 15.6. The zero-order chi connectivity index (χ0) is 15.1. The van der Waals surface area contributed by atoms with Gasteiger partial charge in [0, 0.05) is 37.3 Å². The third-order valence-corrected chi connectivity index (χ3v) is 3.81. The number of nitrogens with two attached hydrogens (primary N) is 1. The summed E-state index contributed by atoms with van der Waals surface area (Å²) in [4.78, 5) is 14.1. The summed E-state index contributed by atoms with van der Waals surface area (Å²) in [5, 5.41) is 3.11. The molecule has 21 heavy (non-hydrogen) atoms. The predicted octanol–water partition coefficient (Wildman–Crippen LogP) is 1.52. The molecule has 0 radical (unpaired) electrons. The van der Waals surface area contributed by atoms with Gasteiger partial charge in [0.15, 0.2) is 0 Å². The molecular formula is C16H25N3O2. The van der Waals surface area contributed by atoms with Gasteiger partial charge < -0.3 is 20.7 Å². The van der Waals surface area contributed by atoms with E-state index in [0.29, 0.717) is 13.0 Å². The minimum Gasteiger partial charge on any atom is -0.497 e. The van der Waals surface area contributed by atoms with Crippen LogP contribution in [0, 0.1) is 0 Å². The Morgan fingerprint density at radius 2 is 2.38 bits per heavy atom. The first-order valence-corrected chi connectivity index (χ1v) is 7.61. The van der Waals surface area contributed by atoms with Gasteiger partial charge in [-0.2, -0.15) is 0 Å². The second-order valence-electron chi connectivity index (χ2n) is 5.45. The fourth-order valence-electron chi connectivity index (χ4n) is 2.70. The van der Waals surface area contributed by atoms with Crippen LogP contribution >= 0.6 is 0 Å². The molecule has 0 aromatic heterocycles. The molecule has 1 amide bonds. The fourth-order valence-corrected chi connectivity index (χ4v) is 2.70. The van der Waals surface area contributed by atoms with Crippen molar-refractivity contribution in [1.82, 2.24) is 5.32 Å². The van der Waals surface area contributed by atoms with Crippen LogP contribution in [0.5, 0.6) is 5.75 Å². The molecule has 1 unspecified atom stereocenters. The number of hydrogen-bond donors (Lipinski definition) is 2. The molecule has 2 rings (SSSR count). The van der Waals surface area contributed by atoms with E-state index in [0.717, 1.165) is 43.8 Å². The Kier molecular flexibility index (Phi) is 5.87. The second kappa shape index (κ2) is 7.88. The molecule has 5 nitrogen and oxygen atoms in total. The molecule has 1 saturated heterocycles. The number of carbonyl (C=O) groups is 1. The molecule has 0 spiro atoms. The maximum atomic E-state index is 11.8. The number of methoxy groups -OCH3 is 1. The lowest BCUT2D eigenvalue weighted by Gasteiger charge is -2.35. The van der Waals surface area contributed by atoms with Crippen LogP contribution in [0.15, 0.2) is 24.3 Å². The van der Waals surface area contributed by atoms with Crippen LogP contribution in [-0.2, 0) is 4.79 Å². The molecule has 1 fully saturated rings. The second-order valence-corrected chi connectivity index (χ2v) is 5.45. The van der Waals surface area contributed by atoms with Crippen molar-refractivity contribution in [2.45, 2.75) is 31.7 Å². The summed E-state index contributed by atoms with van der Waals surface area (Å²) in [6.45, 7) is 2.43. The Morgan fingerprint density at radius 3 is 3.14 bits per heavy atom. The summed E-state index contributed by atoms with van der Waals surface area (Å²) in [5.74, 6) is 0.972. The molecule has 0 saturated carbocycles. The van der Waals surface area contributed by atoms with Crippen LogP contribution < -0.4 is 20.7 Å². The van der Waals surface area contributed by atoms with Gasteiger partial charge in [-0.3, -0.25) is 4.79 Å². The highest BCUT2D eigenvalue weighted by molar-refractivity contribution is 5.76. The summed E-state index contributed by atoms with van der Waals surface area (Å²) in [5.41, 5.74) is 6.58. The monoisotopic (exact) mass is 291 g/mol. The molecule has 1 aliphatic heterocycles. The average molecular weight is 291 g/mol. The van der Waals surface area contributed by atoms with E-state index in [1.807, 2.05) is 18.2 Å². The van der Waals surface area contributed by atoms with Crippen LogP contribution in [0.2, 0.25) is 0 Å². The van der Waals surface area contributed by atoms with E-state index in [4.69, 9.17) is 10.5 Å². The average Bonchev–Trinajstić information content (AvgIpc) is 2.53. The van der Waals surface area contributed by atoms with E-state index >= 15 is 0 Å². The third kappa shape index (κ3) is 4.63. The summed E-state index contributed by atoms with van der Waals surface area (Å²) < 4.78 is 5.27. The zero-order valence-corrected chi connectivity index (χ0v) is 12.7. The maximum Gasteiger partial charge on any atom is 0.220 e. The van der Waals surface area contributed by atoms with E-state index < -0.39 is 0 Å². The molecule has 1 heterocycles.